The van der Waals surface area contributed by atoms with Crippen molar-refractivity contribution in [3.05, 3.63) is 29.8 Å². The zero-order chi connectivity index (χ0) is 17.1. The lowest BCUT2D eigenvalue weighted by Crippen LogP contribution is -2.10. The van der Waals surface area contributed by atoms with Crippen LogP contribution in [0.4, 0.5) is 0 Å². The van der Waals surface area contributed by atoms with Gasteiger partial charge in [0.1, 0.15) is 5.75 Å². The van der Waals surface area contributed by atoms with Crippen LogP contribution in [0.5, 0.6) is 5.75 Å². The average molecular weight is 317 g/mol. The van der Waals surface area contributed by atoms with Gasteiger partial charge in [0.25, 0.3) is 0 Å². The van der Waals surface area contributed by atoms with Crippen molar-refractivity contribution in [2.45, 2.75) is 46.0 Å². The largest absolute Gasteiger partial charge is 0.466 e. The summed E-state index contributed by atoms with van der Waals surface area (Å²) in [7, 11) is 0. The molecule has 0 amide bonds. The Morgan fingerprint density at radius 2 is 1.74 bits per heavy atom. The number of hydrogen-bond donors (Lipinski definition) is 0. The van der Waals surface area contributed by atoms with E-state index in [4.69, 9.17) is 14.7 Å². The summed E-state index contributed by atoms with van der Waals surface area (Å²) in [5.74, 6) is 0.318. The Kier molecular flexibility index (Phi) is 8.45. The topological polar surface area (TPSA) is 76.4 Å². The van der Waals surface area contributed by atoms with E-state index >= 15 is 0 Å². The highest BCUT2D eigenvalue weighted by Gasteiger charge is 2.08. The van der Waals surface area contributed by atoms with Crippen LogP contribution in [0.2, 0.25) is 0 Å². The number of nitriles is 1. The molecule has 1 aromatic carbocycles. The second-order valence-corrected chi connectivity index (χ2v) is 5.72. The van der Waals surface area contributed by atoms with Crippen LogP contribution in [0.15, 0.2) is 24.3 Å². The normalized spacial score (nSPS) is 10.2. The summed E-state index contributed by atoms with van der Waals surface area (Å²) < 4.78 is 10.2. The molecule has 0 spiro atoms. The van der Waals surface area contributed by atoms with Crippen molar-refractivity contribution in [1.82, 2.24) is 0 Å². The van der Waals surface area contributed by atoms with Gasteiger partial charge in [0, 0.05) is 12.8 Å². The molecule has 0 saturated carbocycles. The molecule has 1 rings (SSSR count). The summed E-state index contributed by atoms with van der Waals surface area (Å²) in [5.41, 5.74) is 0.505. The molecule has 0 radical (unpaired) electrons. The fourth-order valence-electron chi connectivity index (χ4n) is 1.91. The van der Waals surface area contributed by atoms with Gasteiger partial charge in [-0.15, -0.1) is 0 Å². The maximum atomic E-state index is 11.6. The van der Waals surface area contributed by atoms with E-state index < -0.39 is 5.97 Å². The third-order valence-corrected chi connectivity index (χ3v) is 3.17. The predicted octanol–water partition coefficient (Wildman–Crippen LogP) is 3.61. The van der Waals surface area contributed by atoms with E-state index in [9.17, 15) is 9.59 Å². The van der Waals surface area contributed by atoms with Crippen molar-refractivity contribution in [2.24, 2.45) is 5.92 Å². The van der Waals surface area contributed by atoms with E-state index in [0.717, 1.165) is 12.8 Å². The van der Waals surface area contributed by atoms with Gasteiger partial charge < -0.3 is 9.47 Å². The zero-order valence-corrected chi connectivity index (χ0v) is 13.7. The van der Waals surface area contributed by atoms with Gasteiger partial charge in [-0.2, -0.15) is 5.26 Å². The second-order valence-electron chi connectivity index (χ2n) is 5.72. The Morgan fingerprint density at radius 1 is 1.09 bits per heavy atom. The lowest BCUT2D eigenvalue weighted by molar-refractivity contribution is -0.144. The first-order chi connectivity index (χ1) is 11.0. The van der Waals surface area contributed by atoms with E-state index in [0.29, 0.717) is 30.3 Å². The van der Waals surface area contributed by atoms with Crippen LogP contribution in [-0.2, 0) is 14.3 Å². The molecule has 0 aromatic heterocycles. The van der Waals surface area contributed by atoms with Crippen molar-refractivity contribution >= 4 is 11.9 Å². The van der Waals surface area contributed by atoms with E-state index in [2.05, 4.69) is 13.8 Å². The van der Waals surface area contributed by atoms with Crippen molar-refractivity contribution in [3.8, 4) is 11.8 Å². The summed E-state index contributed by atoms with van der Waals surface area (Å²) in [5, 5.41) is 8.68. The zero-order valence-electron chi connectivity index (χ0n) is 13.7. The van der Waals surface area contributed by atoms with Gasteiger partial charge in [0.2, 0.25) is 0 Å². The number of esters is 2. The first kappa shape index (κ1) is 18.7. The molecule has 0 aliphatic carbocycles. The summed E-state index contributed by atoms with van der Waals surface area (Å²) in [6.07, 6.45) is 2.66. The van der Waals surface area contributed by atoms with Gasteiger partial charge in [-0.25, -0.2) is 0 Å². The third-order valence-electron chi connectivity index (χ3n) is 3.17. The van der Waals surface area contributed by atoms with Gasteiger partial charge in [0.05, 0.1) is 18.2 Å². The van der Waals surface area contributed by atoms with Gasteiger partial charge in [-0.1, -0.05) is 13.8 Å². The second kappa shape index (κ2) is 10.4. The van der Waals surface area contributed by atoms with E-state index in [1.165, 1.54) is 0 Å². The third kappa shape index (κ3) is 8.62. The van der Waals surface area contributed by atoms with Crippen molar-refractivity contribution in [3.63, 3.8) is 0 Å². The predicted molar refractivity (Wildman–Crippen MR) is 85.7 cm³/mol. The Hall–Kier alpha value is -2.35. The number of benzene rings is 1. The molecule has 5 heteroatoms. The molecule has 0 N–H and O–H groups in total. The SMILES string of the molecule is CC(C)CCCOC(=O)CCCC(=O)Oc1ccc(C#N)cc1. The molecule has 0 heterocycles. The number of rotatable bonds is 9. The van der Waals surface area contributed by atoms with Crippen molar-refractivity contribution in [2.75, 3.05) is 6.61 Å². The Bertz CT molecular complexity index is 543. The maximum Gasteiger partial charge on any atom is 0.311 e. The molecule has 0 atom stereocenters. The lowest BCUT2D eigenvalue weighted by Gasteiger charge is -2.07. The molecular weight excluding hydrogens is 294 g/mol. The first-order valence-corrected chi connectivity index (χ1v) is 7.87. The standard InChI is InChI=1S/C18H23NO4/c1-14(2)5-4-12-22-17(20)6-3-7-18(21)23-16-10-8-15(13-19)9-11-16/h8-11,14H,3-7,12H2,1-2H3. The van der Waals surface area contributed by atoms with Crippen LogP contribution in [0.3, 0.4) is 0 Å². The van der Waals surface area contributed by atoms with Crippen LogP contribution >= 0.6 is 0 Å². The summed E-state index contributed by atoms with van der Waals surface area (Å²) in [6, 6.07) is 8.29. The fraction of sp³-hybridized carbons (Fsp3) is 0.500. The van der Waals surface area contributed by atoms with Gasteiger partial charge >= 0.3 is 11.9 Å². The fourth-order valence-corrected chi connectivity index (χ4v) is 1.91. The molecule has 0 bridgehead atoms. The number of ether oxygens (including phenoxy) is 2. The van der Waals surface area contributed by atoms with Crippen LogP contribution in [0.25, 0.3) is 0 Å². The molecule has 124 valence electrons. The van der Waals surface area contributed by atoms with E-state index in [1.54, 1.807) is 24.3 Å². The molecule has 5 nitrogen and oxygen atoms in total. The highest BCUT2D eigenvalue weighted by molar-refractivity contribution is 5.74. The van der Waals surface area contributed by atoms with Gasteiger partial charge in [-0.05, 0) is 49.4 Å². The molecule has 0 unspecified atom stereocenters. The molecule has 0 fully saturated rings. The highest BCUT2D eigenvalue weighted by Crippen LogP contribution is 2.13. The first-order valence-electron chi connectivity index (χ1n) is 7.87. The summed E-state index contributed by atoms with van der Waals surface area (Å²) >= 11 is 0. The van der Waals surface area contributed by atoms with Crippen LogP contribution in [0.1, 0.15) is 51.5 Å². The molecule has 1 aromatic rings. The summed E-state index contributed by atoms with van der Waals surface area (Å²) in [4.78, 5) is 23.1. The lowest BCUT2D eigenvalue weighted by atomic mass is 10.1. The molecule has 0 aliphatic rings. The van der Waals surface area contributed by atoms with E-state index in [-0.39, 0.29) is 18.8 Å². The number of hydrogen-bond acceptors (Lipinski definition) is 5. The quantitative estimate of drug-likeness (QED) is 0.395. The molecular formula is C18H23NO4. The molecule has 23 heavy (non-hydrogen) atoms. The monoisotopic (exact) mass is 317 g/mol. The van der Waals surface area contributed by atoms with Crippen LogP contribution in [-0.4, -0.2) is 18.5 Å². The van der Waals surface area contributed by atoms with Gasteiger partial charge in [-0.3, -0.25) is 9.59 Å². The number of carbonyl (C=O) groups excluding carboxylic acids is 2. The minimum absolute atomic E-state index is 0.154. The average Bonchev–Trinajstić information content (AvgIpc) is 2.52. The minimum atomic E-state index is -0.401. The smallest absolute Gasteiger partial charge is 0.311 e. The minimum Gasteiger partial charge on any atom is -0.466 e. The number of carbonyl (C=O) groups is 2. The Labute approximate surface area is 137 Å². The number of nitrogens with zero attached hydrogens (tertiary/aromatic N) is 1. The van der Waals surface area contributed by atoms with Crippen molar-refractivity contribution < 1.29 is 19.1 Å². The molecule has 0 saturated heterocycles. The Balaban J connectivity index is 2.15. The highest BCUT2D eigenvalue weighted by atomic mass is 16.5. The van der Waals surface area contributed by atoms with E-state index in [1.807, 2.05) is 6.07 Å². The van der Waals surface area contributed by atoms with Crippen LogP contribution < -0.4 is 4.74 Å². The van der Waals surface area contributed by atoms with Crippen LogP contribution in [0, 0.1) is 17.2 Å². The molecule has 0 aliphatic heterocycles. The van der Waals surface area contributed by atoms with Crippen molar-refractivity contribution in [1.29, 1.82) is 5.26 Å². The van der Waals surface area contributed by atoms with Gasteiger partial charge in [0.15, 0.2) is 0 Å². The maximum absolute atomic E-state index is 11.6. The Morgan fingerprint density at radius 3 is 2.35 bits per heavy atom. The summed E-state index contributed by atoms with van der Waals surface area (Å²) in [6.45, 7) is 4.69.